The molecule has 1 amide bonds. The van der Waals surface area contributed by atoms with Crippen molar-refractivity contribution >= 4 is 60.6 Å². The average Bonchev–Trinajstić information content (AvgIpc) is 2.98. The number of amides is 1. The number of halogens is 1. The molecule has 0 aliphatic heterocycles. The van der Waals surface area contributed by atoms with Crippen molar-refractivity contribution in [3.05, 3.63) is 57.4 Å². The van der Waals surface area contributed by atoms with Gasteiger partial charge in [-0.05, 0) is 63.8 Å². The first-order valence-electron chi connectivity index (χ1n) is 7.40. The van der Waals surface area contributed by atoms with Gasteiger partial charge in [0.15, 0.2) is 0 Å². The number of hydrogen-bond donors (Lipinski definition) is 2. The molecule has 0 aliphatic carbocycles. The van der Waals surface area contributed by atoms with Crippen molar-refractivity contribution in [1.29, 1.82) is 0 Å². The number of thiophene rings is 1. The van der Waals surface area contributed by atoms with Gasteiger partial charge in [-0.2, -0.15) is 0 Å². The number of nitrogens with one attached hydrogen (secondary N) is 1. The minimum atomic E-state index is -0.948. The number of carbonyl (C=O) groups is 2. The highest BCUT2D eigenvalue weighted by Gasteiger charge is 2.13. The summed E-state index contributed by atoms with van der Waals surface area (Å²) in [6, 6.07) is 12.5. The molecule has 0 aliphatic rings. The highest BCUT2D eigenvalue weighted by atomic mass is 79.9. The highest BCUT2D eigenvalue weighted by molar-refractivity contribution is 9.10. The fourth-order valence-electron chi connectivity index (χ4n) is 2.39. The number of carboxylic acids is 1. The summed E-state index contributed by atoms with van der Waals surface area (Å²) in [5, 5.41) is 12.7. The number of fused-ring (bicyclic) bond motifs is 1. The van der Waals surface area contributed by atoms with Crippen LogP contribution in [0.3, 0.4) is 0 Å². The van der Waals surface area contributed by atoms with Crippen LogP contribution in [-0.4, -0.2) is 31.1 Å². The number of benzene rings is 2. The van der Waals surface area contributed by atoms with Gasteiger partial charge in [0.2, 0.25) is 0 Å². The normalized spacial score (nSPS) is 10.7. The van der Waals surface area contributed by atoms with E-state index in [1.807, 2.05) is 43.3 Å². The minimum absolute atomic E-state index is 0.233. The molecule has 5 nitrogen and oxygen atoms in total. The molecule has 3 rings (SSSR count). The van der Waals surface area contributed by atoms with Gasteiger partial charge in [-0.1, -0.05) is 0 Å². The monoisotopic (exact) mass is 418 g/mol. The van der Waals surface area contributed by atoms with E-state index in [0.29, 0.717) is 15.7 Å². The van der Waals surface area contributed by atoms with Crippen LogP contribution < -0.4 is 10.2 Å². The summed E-state index contributed by atoms with van der Waals surface area (Å²) >= 11 is 4.62. The SMILES string of the molecule is CN(C)c1ccc(Br)c(C(=O)Nc2ccc3sc(C(=O)O)cc3c2)c1. The standard InChI is InChI=1S/C18H15BrN2O3S/c1-21(2)12-4-5-14(19)13(9-12)17(22)20-11-3-6-15-10(7-11)8-16(25-15)18(23)24/h3-9H,1-2H3,(H,20,22)(H,23,24). The molecule has 0 fully saturated rings. The molecule has 2 N–H and O–H groups in total. The van der Waals surface area contributed by atoms with Gasteiger partial charge in [-0.15, -0.1) is 11.3 Å². The Bertz CT molecular complexity index is 982. The van der Waals surface area contributed by atoms with Crippen LogP contribution in [0.1, 0.15) is 20.0 Å². The lowest BCUT2D eigenvalue weighted by Gasteiger charge is -2.15. The maximum atomic E-state index is 12.6. The second kappa shape index (κ2) is 6.85. The first kappa shape index (κ1) is 17.4. The van der Waals surface area contributed by atoms with Gasteiger partial charge in [-0.25, -0.2) is 4.79 Å². The molecule has 0 bridgehead atoms. The van der Waals surface area contributed by atoms with E-state index in [1.54, 1.807) is 18.2 Å². The molecule has 3 aromatic rings. The van der Waals surface area contributed by atoms with Crippen LogP contribution >= 0.6 is 27.3 Å². The summed E-state index contributed by atoms with van der Waals surface area (Å²) in [5.74, 6) is -1.18. The van der Waals surface area contributed by atoms with Gasteiger partial charge < -0.3 is 15.3 Å². The van der Waals surface area contributed by atoms with Crippen LogP contribution in [0, 0.1) is 0 Å². The summed E-state index contributed by atoms with van der Waals surface area (Å²) in [6.45, 7) is 0. The number of aromatic carboxylic acids is 1. The Morgan fingerprint density at radius 3 is 2.56 bits per heavy atom. The molecule has 1 heterocycles. The maximum Gasteiger partial charge on any atom is 0.345 e. The average molecular weight is 419 g/mol. The molecule has 7 heteroatoms. The molecule has 0 unspecified atom stereocenters. The van der Waals surface area contributed by atoms with Gasteiger partial charge in [-0.3, -0.25) is 4.79 Å². The van der Waals surface area contributed by atoms with Gasteiger partial charge in [0.25, 0.3) is 5.91 Å². The zero-order valence-corrected chi connectivity index (χ0v) is 15.9. The van der Waals surface area contributed by atoms with E-state index < -0.39 is 5.97 Å². The van der Waals surface area contributed by atoms with E-state index in [1.165, 1.54) is 11.3 Å². The molecular weight excluding hydrogens is 404 g/mol. The molecule has 0 radical (unpaired) electrons. The largest absolute Gasteiger partial charge is 0.477 e. The van der Waals surface area contributed by atoms with Crippen molar-refractivity contribution in [3.8, 4) is 0 Å². The summed E-state index contributed by atoms with van der Waals surface area (Å²) < 4.78 is 1.58. The lowest BCUT2D eigenvalue weighted by molar-refractivity contribution is 0.0702. The summed E-state index contributed by atoms with van der Waals surface area (Å²) in [7, 11) is 3.82. The number of rotatable bonds is 4. The fourth-order valence-corrected chi connectivity index (χ4v) is 3.70. The van der Waals surface area contributed by atoms with E-state index in [-0.39, 0.29) is 10.8 Å². The molecule has 0 saturated carbocycles. The molecule has 1 aromatic heterocycles. The van der Waals surface area contributed by atoms with Gasteiger partial charge in [0, 0.05) is 34.6 Å². The van der Waals surface area contributed by atoms with E-state index in [9.17, 15) is 9.59 Å². The van der Waals surface area contributed by atoms with E-state index >= 15 is 0 Å². The lowest BCUT2D eigenvalue weighted by atomic mass is 10.1. The third kappa shape index (κ3) is 3.67. The summed E-state index contributed by atoms with van der Waals surface area (Å²) in [6.07, 6.45) is 0. The third-order valence-electron chi connectivity index (χ3n) is 3.70. The first-order chi connectivity index (χ1) is 11.8. The number of carbonyl (C=O) groups excluding carboxylic acids is 1. The smallest absolute Gasteiger partial charge is 0.345 e. The van der Waals surface area contributed by atoms with Crippen molar-refractivity contribution < 1.29 is 14.7 Å². The Kier molecular flexibility index (Phi) is 4.78. The molecule has 0 spiro atoms. The van der Waals surface area contributed by atoms with Crippen molar-refractivity contribution in [2.45, 2.75) is 0 Å². The number of carboxylic acid groups (broad SMARTS) is 1. The fraction of sp³-hybridized carbons (Fsp3) is 0.111. The first-order valence-corrected chi connectivity index (χ1v) is 9.01. The van der Waals surface area contributed by atoms with Crippen LogP contribution in [0.4, 0.5) is 11.4 Å². The second-order valence-electron chi connectivity index (χ2n) is 5.68. The van der Waals surface area contributed by atoms with Gasteiger partial charge in [0.05, 0.1) is 5.56 Å². The Hall–Kier alpha value is -2.38. The molecule has 25 heavy (non-hydrogen) atoms. The molecular formula is C18H15BrN2O3S. The lowest BCUT2D eigenvalue weighted by Crippen LogP contribution is -2.15. The Labute approximate surface area is 157 Å². The topological polar surface area (TPSA) is 69.6 Å². The van der Waals surface area contributed by atoms with Crippen molar-refractivity contribution in [2.24, 2.45) is 0 Å². The van der Waals surface area contributed by atoms with Crippen LogP contribution in [0.15, 0.2) is 46.9 Å². The zero-order valence-electron chi connectivity index (χ0n) is 13.5. The van der Waals surface area contributed by atoms with E-state index in [2.05, 4.69) is 21.2 Å². The van der Waals surface area contributed by atoms with E-state index in [4.69, 9.17) is 5.11 Å². The minimum Gasteiger partial charge on any atom is -0.477 e. The zero-order chi connectivity index (χ0) is 18.1. The van der Waals surface area contributed by atoms with Gasteiger partial charge in [0.1, 0.15) is 4.88 Å². The molecule has 0 atom stereocenters. The number of nitrogens with zero attached hydrogens (tertiary/aromatic N) is 1. The highest BCUT2D eigenvalue weighted by Crippen LogP contribution is 2.29. The van der Waals surface area contributed by atoms with Crippen molar-refractivity contribution in [2.75, 3.05) is 24.3 Å². The van der Waals surface area contributed by atoms with Gasteiger partial charge >= 0.3 is 5.97 Å². The van der Waals surface area contributed by atoms with Crippen LogP contribution in [0.25, 0.3) is 10.1 Å². The number of hydrogen-bond acceptors (Lipinski definition) is 4. The Morgan fingerprint density at radius 1 is 1.12 bits per heavy atom. The quantitative estimate of drug-likeness (QED) is 0.645. The third-order valence-corrected chi connectivity index (χ3v) is 5.49. The van der Waals surface area contributed by atoms with Crippen molar-refractivity contribution in [1.82, 2.24) is 0 Å². The summed E-state index contributed by atoms with van der Waals surface area (Å²) in [4.78, 5) is 25.9. The molecule has 0 saturated heterocycles. The van der Waals surface area contributed by atoms with Crippen LogP contribution in [0.2, 0.25) is 0 Å². The maximum absolute atomic E-state index is 12.6. The van der Waals surface area contributed by atoms with E-state index in [0.717, 1.165) is 15.8 Å². The van der Waals surface area contributed by atoms with Crippen LogP contribution in [-0.2, 0) is 0 Å². The number of anilines is 2. The summed E-state index contributed by atoms with van der Waals surface area (Å²) in [5.41, 5.74) is 2.07. The Balaban J connectivity index is 1.89. The predicted octanol–water partition coefficient (Wildman–Crippen LogP) is 4.68. The second-order valence-corrected chi connectivity index (χ2v) is 7.62. The Morgan fingerprint density at radius 2 is 1.88 bits per heavy atom. The van der Waals surface area contributed by atoms with Crippen LogP contribution in [0.5, 0.6) is 0 Å². The predicted molar refractivity (Wildman–Crippen MR) is 105 cm³/mol. The molecule has 2 aromatic carbocycles. The molecule has 128 valence electrons. The van der Waals surface area contributed by atoms with Crippen molar-refractivity contribution in [3.63, 3.8) is 0 Å².